The highest BCUT2D eigenvalue weighted by Gasteiger charge is 2.16. The van der Waals surface area contributed by atoms with Crippen LogP contribution in [-0.2, 0) is 4.74 Å². The maximum absolute atomic E-state index is 5.53. The van der Waals surface area contributed by atoms with Gasteiger partial charge in [0.2, 0.25) is 0 Å². The molecule has 1 heteroatoms. The summed E-state index contributed by atoms with van der Waals surface area (Å²) in [6.45, 7) is 13.0. The van der Waals surface area contributed by atoms with Gasteiger partial charge in [-0.1, -0.05) is 33.1 Å². The van der Waals surface area contributed by atoms with Crippen molar-refractivity contribution in [3.63, 3.8) is 0 Å². The summed E-state index contributed by atoms with van der Waals surface area (Å²) in [5.41, 5.74) is 2.33. The molecule has 0 aromatic heterocycles. The second-order valence-corrected chi connectivity index (χ2v) is 3.86. The Morgan fingerprint density at radius 3 is 2.69 bits per heavy atom. The lowest BCUT2D eigenvalue weighted by atomic mass is 10.00. The summed E-state index contributed by atoms with van der Waals surface area (Å²) in [6.07, 6.45) is 3.88. The van der Waals surface area contributed by atoms with E-state index >= 15 is 0 Å². The minimum absolute atomic E-state index is 0.637. The third-order valence-electron chi connectivity index (χ3n) is 2.14. The average Bonchev–Trinajstić information content (AvgIpc) is 2.47. The Morgan fingerprint density at radius 1 is 1.62 bits per heavy atom. The molecule has 0 amide bonds. The van der Waals surface area contributed by atoms with Crippen molar-refractivity contribution < 1.29 is 4.74 Å². The highest BCUT2D eigenvalue weighted by Crippen LogP contribution is 2.28. The molecule has 0 atom stereocenters. The number of ether oxygens (including phenoxy) is 1. The van der Waals surface area contributed by atoms with Crippen molar-refractivity contribution in [3.05, 3.63) is 36.1 Å². The summed E-state index contributed by atoms with van der Waals surface area (Å²) in [5.74, 6) is 1.63. The van der Waals surface area contributed by atoms with Crippen molar-refractivity contribution in [2.45, 2.75) is 26.7 Å². The van der Waals surface area contributed by atoms with Crippen molar-refractivity contribution in [1.29, 1.82) is 0 Å². The second kappa shape index (κ2) is 4.31. The van der Waals surface area contributed by atoms with Gasteiger partial charge in [0.1, 0.15) is 5.76 Å². The van der Waals surface area contributed by atoms with E-state index in [1.165, 1.54) is 5.57 Å². The molecule has 0 aromatic carbocycles. The van der Waals surface area contributed by atoms with Gasteiger partial charge in [-0.25, -0.2) is 0 Å². The second-order valence-electron chi connectivity index (χ2n) is 3.86. The predicted molar refractivity (Wildman–Crippen MR) is 56.4 cm³/mol. The fourth-order valence-corrected chi connectivity index (χ4v) is 1.52. The van der Waals surface area contributed by atoms with Crippen LogP contribution in [0.3, 0.4) is 0 Å². The summed E-state index contributed by atoms with van der Waals surface area (Å²) in [6, 6.07) is 0. The van der Waals surface area contributed by atoms with E-state index in [4.69, 9.17) is 4.74 Å². The Morgan fingerprint density at radius 2 is 2.31 bits per heavy atom. The Labute approximate surface area is 80.8 Å². The highest BCUT2D eigenvalue weighted by atomic mass is 16.5. The third-order valence-corrected chi connectivity index (χ3v) is 2.14. The molecular weight excluding hydrogens is 160 g/mol. The van der Waals surface area contributed by atoms with Crippen LogP contribution < -0.4 is 0 Å². The van der Waals surface area contributed by atoms with Crippen molar-refractivity contribution >= 4 is 0 Å². The van der Waals surface area contributed by atoms with Crippen molar-refractivity contribution in [1.82, 2.24) is 0 Å². The number of hydrogen-bond donors (Lipinski definition) is 0. The zero-order valence-electron chi connectivity index (χ0n) is 8.60. The fraction of sp³-hybridized carbons (Fsp3) is 0.500. The van der Waals surface area contributed by atoms with E-state index in [0.29, 0.717) is 5.92 Å². The fourth-order valence-electron chi connectivity index (χ4n) is 1.52. The molecule has 0 spiro atoms. The minimum Gasteiger partial charge on any atom is -0.493 e. The quantitative estimate of drug-likeness (QED) is 0.643. The van der Waals surface area contributed by atoms with E-state index in [1.54, 1.807) is 0 Å². The first-order valence-corrected chi connectivity index (χ1v) is 4.81. The Balaban J connectivity index is 2.83. The highest BCUT2D eigenvalue weighted by molar-refractivity contribution is 5.36. The van der Waals surface area contributed by atoms with Crippen LogP contribution in [0.1, 0.15) is 26.7 Å². The molecule has 1 rings (SSSR count). The Bertz CT molecular complexity index is 246. The topological polar surface area (TPSA) is 9.23 Å². The number of allylic oxidation sites excluding steroid dienone is 3. The molecule has 0 radical (unpaired) electrons. The summed E-state index contributed by atoms with van der Waals surface area (Å²) in [5, 5.41) is 0. The maximum Gasteiger partial charge on any atom is 0.125 e. The van der Waals surface area contributed by atoms with Gasteiger partial charge in [-0.2, -0.15) is 0 Å². The van der Waals surface area contributed by atoms with Crippen LogP contribution in [0, 0.1) is 5.92 Å². The number of hydrogen-bond acceptors (Lipinski definition) is 1. The Kier molecular flexibility index (Phi) is 3.35. The van der Waals surface area contributed by atoms with Gasteiger partial charge in [-0.15, -0.1) is 0 Å². The molecule has 0 N–H and O–H groups in total. The van der Waals surface area contributed by atoms with Gasteiger partial charge in [0.25, 0.3) is 0 Å². The van der Waals surface area contributed by atoms with Gasteiger partial charge in [-0.3, -0.25) is 0 Å². The van der Waals surface area contributed by atoms with Crippen LogP contribution in [0.25, 0.3) is 0 Å². The molecule has 0 saturated carbocycles. The van der Waals surface area contributed by atoms with E-state index in [2.05, 4.69) is 27.0 Å². The minimum atomic E-state index is 0.637. The number of rotatable bonds is 3. The zero-order chi connectivity index (χ0) is 9.84. The first-order chi connectivity index (χ1) is 6.15. The monoisotopic (exact) mass is 178 g/mol. The van der Waals surface area contributed by atoms with E-state index in [9.17, 15) is 0 Å². The summed E-state index contributed by atoms with van der Waals surface area (Å²) >= 11 is 0. The summed E-state index contributed by atoms with van der Waals surface area (Å²) in [4.78, 5) is 0. The first-order valence-electron chi connectivity index (χ1n) is 4.81. The lowest BCUT2D eigenvalue weighted by molar-refractivity contribution is 0.261. The van der Waals surface area contributed by atoms with E-state index in [-0.39, 0.29) is 0 Å². The molecule has 1 saturated heterocycles. The van der Waals surface area contributed by atoms with Crippen LogP contribution in [-0.4, -0.2) is 6.61 Å². The molecule has 13 heavy (non-hydrogen) atoms. The largest absolute Gasteiger partial charge is 0.493 e. The van der Waals surface area contributed by atoms with Crippen molar-refractivity contribution in [2.24, 2.45) is 5.92 Å². The molecule has 1 heterocycles. The van der Waals surface area contributed by atoms with Crippen LogP contribution in [0.15, 0.2) is 36.1 Å². The molecule has 1 aliphatic heterocycles. The summed E-state index contributed by atoms with van der Waals surface area (Å²) < 4.78 is 5.53. The SMILES string of the molecule is C=C/C(CC(C)C)=C1/OCCC1=C. The van der Waals surface area contributed by atoms with Gasteiger partial charge >= 0.3 is 0 Å². The molecular formula is C12H18O. The molecule has 1 nitrogen and oxygen atoms in total. The smallest absolute Gasteiger partial charge is 0.125 e. The van der Waals surface area contributed by atoms with Crippen LogP contribution in [0.4, 0.5) is 0 Å². The first kappa shape index (κ1) is 10.1. The van der Waals surface area contributed by atoms with Gasteiger partial charge in [-0.05, 0) is 23.5 Å². The molecule has 72 valence electrons. The zero-order valence-corrected chi connectivity index (χ0v) is 8.60. The van der Waals surface area contributed by atoms with Crippen LogP contribution in [0.2, 0.25) is 0 Å². The predicted octanol–water partition coefficient (Wildman–Crippen LogP) is 3.45. The molecule has 1 fully saturated rings. The van der Waals surface area contributed by atoms with E-state index in [0.717, 1.165) is 30.8 Å². The van der Waals surface area contributed by atoms with Gasteiger partial charge in [0.05, 0.1) is 6.61 Å². The van der Waals surface area contributed by atoms with E-state index < -0.39 is 0 Å². The molecule has 1 aliphatic rings. The molecule has 0 unspecified atom stereocenters. The van der Waals surface area contributed by atoms with Gasteiger partial charge in [0.15, 0.2) is 0 Å². The molecule has 0 aliphatic carbocycles. The molecule has 0 bridgehead atoms. The van der Waals surface area contributed by atoms with Crippen LogP contribution >= 0.6 is 0 Å². The van der Waals surface area contributed by atoms with Crippen molar-refractivity contribution in [2.75, 3.05) is 6.61 Å². The normalized spacial score (nSPS) is 20.4. The van der Waals surface area contributed by atoms with E-state index in [1.807, 2.05) is 6.08 Å². The lowest BCUT2D eigenvalue weighted by Crippen LogP contribution is -1.94. The maximum atomic E-state index is 5.53. The lowest BCUT2D eigenvalue weighted by Gasteiger charge is -2.09. The van der Waals surface area contributed by atoms with Gasteiger partial charge < -0.3 is 4.74 Å². The molecule has 0 aromatic rings. The van der Waals surface area contributed by atoms with Crippen LogP contribution in [0.5, 0.6) is 0 Å². The Hall–Kier alpha value is -0.980. The van der Waals surface area contributed by atoms with Crippen molar-refractivity contribution in [3.8, 4) is 0 Å². The standard InChI is InChI=1S/C12H18O/c1-5-11(8-9(2)3)12-10(4)6-7-13-12/h5,9H,1,4,6-8H2,2-3H3/b12-11-. The third kappa shape index (κ3) is 2.48. The average molecular weight is 178 g/mol. The summed E-state index contributed by atoms with van der Waals surface area (Å²) in [7, 11) is 0. The van der Waals surface area contributed by atoms with Gasteiger partial charge in [0, 0.05) is 6.42 Å².